The van der Waals surface area contributed by atoms with Gasteiger partial charge in [-0.3, -0.25) is 0 Å². The molecule has 0 spiro atoms. The van der Waals surface area contributed by atoms with Crippen LogP contribution in [0.25, 0.3) is 0 Å². The van der Waals surface area contributed by atoms with Gasteiger partial charge in [-0.05, 0) is 27.3 Å². The van der Waals surface area contributed by atoms with Gasteiger partial charge < -0.3 is 72.1 Å². The molecular weight excluding hydrogens is 456 g/mol. The fraction of sp³-hybridized carbons (Fsp3) is 1.00. The SMILES string of the molecule is CN[C@@H]1[C@@H](O)C(OC2[C@@H](N)C[C@@H](N)[C@H](O[C@H]3O[C@H](C(C)O)[C@@H](O)[C@H](O)[C@H]3N)[C@H]2O)OC[C@]1(C)O. The number of likely N-dealkylation sites (N-methyl/N-ethyl adjacent to an activating group) is 1. The number of nitrogens with two attached hydrogens (primary N) is 3. The van der Waals surface area contributed by atoms with Crippen LogP contribution in [0, 0.1) is 0 Å². The average molecular weight is 497 g/mol. The molecule has 2 heterocycles. The molecule has 3 rings (SSSR count). The van der Waals surface area contributed by atoms with Crippen LogP contribution in [-0.4, -0.2) is 135 Å². The second kappa shape index (κ2) is 10.8. The summed E-state index contributed by atoms with van der Waals surface area (Å²) in [5.41, 5.74) is 17.0. The third kappa shape index (κ3) is 5.40. The molecule has 1 saturated carbocycles. The monoisotopic (exact) mass is 496 g/mol. The van der Waals surface area contributed by atoms with Gasteiger partial charge in [0.15, 0.2) is 12.6 Å². The molecule has 3 unspecified atom stereocenters. The maximum Gasteiger partial charge on any atom is 0.185 e. The van der Waals surface area contributed by atoms with Gasteiger partial charge in [-0.25, -0.2) is 0 Å². The first kappa shape index (κ1) is 28.0. The van der Waals surface area contributed by atoms with Gasteiger partial charge in [0.05, 0.1) is 24.8 Å². The molecule has 34 heavy (non-hydrogen) atoms. The van der Waals surface area contributed by atoms with Crippen molar-refractivity contribution in [3.05, 3.63) is 0 Å². The normalized spacial score (nSPS) is 53.5. The van der Waals surface area contributed by atoms with E-state index in [-0.39, 0.29) is 13.0 Å². The summed E-state index contributed by atoms with van der Waals surface area (Å²) < 4.78 is 22.8. The van der Waals surface area contributed by atoms with Gasteiger partial charge in [0.2, 0.25) is 0 Å². The molecule has 1 aliphatic carbocycles. The quantitative estimate of drug-likeness (QED) is 0.165. The van der Waals surface area contributed by atoms with Gasteiger partial charge in [-0.2, -0.15) is 0 Å². The number of hydrogen-bond acceptors (Lipinski definition) is 14. The van der Waals surface area contributed by atoms with Gasteiger partial charge in [0, 0.05) is 12.1 Å². The second-order valence-electron chi connectivity index (χ2n) is 9.82. The van der Waals surface area contributed by atoms with Crippen molar-refractivity contribution in [1.29, 1.82) is 0 Å². The zero-order chi connectivity index (χ0) is 25.5. The number of ether oxygens (including phenoxy) is 4. The van der Waals surface area contributed by atoms with E-state index in [1.165, 1.54) is 13.8 Å². The summed E-state index contributed by atoms with van der Waals surface area (Å²) >= 11 is 0. The van der Waals surface area contributed by atoms with E-state index in [0.717, 1.165) is 0 Å². The first-order chi connectivity index (χ1) is 15.8. The largest absolute Gasteiger partial charge is 0.391 e. The van der Waals surface area contributed by atoms with Crippen molar-refractivity contribution in [3.63, 3.8) is 0 Å². The van der Waals surface area contributed by atoms with Crippen molar-refractivity contribution in [2.45, 2.75) is 111 Å². The zero-order valence-corrected chi connectivity index (χ0v) is 19.5. The number of aliphatic hydroxyl groups is 6. The highest BCUT2D eigenvalue weighted by Gasteiger charge is 2.52. The Labute approximate surface area is 197 Å². The smallest absolute Gasteiger partial charge is 0.185 e. The highest BCUT2D eigenvalue weighted by molar-refractivity contribution is 5.02. The number of nitrogens with one attached hydrogen (secondary N) is 1. The fourth-order valence-electron chi connectivity index (χ4n) is 4.95. The Hall–Kier alpha value is -0.560. The predicted molar refractivity (Wildman–Crippen MR) is 116 cm³/mol. The van der Waals surface area contributed by atoms with Crippen LogP contribution in [-0.2, 0) is 18.9 Å². The summed E-state index contributed by atoms with van der Waals surface area (Å²) in [5, 5.41) is 65.2. The highest BCUT2D eigenvalue weighted by atomic mass is 16.7. The number of rotatable bonds is 6. The fourth-order valence-corrected chi connectivity index (χ4v) is 4.95. The van der Waals surface area contributed by atoms with Crippen molar-refractivity contribution < 1.29 is 49.6 Å². The Balaban J connectivity index is 1.73. The van der Waals surface area contributed by atoms with Crippen LogP contribution in [0.2, 0.25) is 0 Å². The van der Waals surface area contributed by atoms with Crippen LogP contribution in [0.15, 0.2) is 0 Å². The predicted octanol–water partition coefficient (Wildman–Crippen LogP) is -5.61. The molecule has 0 aromatic heterocycles. The van der Waals surface area contributed by atoms with Crippen LogP contribution in [0.4, 0.5) is 0 Å². The maximum atomic E-state index is 11.1. The molecular formula is C20H40N4O10. The zero-order valence-electron chi connectivity index (χ0n) is 19.5. The molecule has 3 fully saturated rings. The topological polar surface area (TPSA) is 248 Å². The van der Waals surface area contributed by atoms with Crippen molar-refractivity contribution in [3.8, 4) is 0 Å². The molecule has 0 aromatic rings. The number of aliphatic hydroxyl groups excluding tert-OH is 5. The van der Waals surface area contributed by atoms with E-state index < -0.39 is 91.2 Å². The third-order valence-electron chi connectivity index (χ3n) is 6.95. The Kier molecular flexibility index (Phi) is 8.92. The molecule has 0 bridgehead atoms. The molecule has 2 aliphatic heterocycles. The summed E-state index contributed by atoms with van der Waals surface area (Å²) in [6, 6.07) is -3.47. The summed E-state index contributed by atoms with van der Waals surface area (Å²) in [5.74, 6) is 0. The molecule has 14 nitrogen and oxygen atoms in total. The maximum absolute atomic E-state index is 11.1. The summed E-state index contributed by atoms with van der Waals surface area (Å²) in [4.78, 5) is 0. The van der Waals surface area contributed by atoms with Gasteiger partial charge in [0.25, 0.3) is 0 Å². The third-order valence-corrected chi connectivity index (χ3v) is 6.95. The lowest BCUT2D eigenvalue weighted by Gasteiger charge is -2.49. The van der Waals surface area contributed by atoms with Gasteiger partial charge in [-0.1, -0.05) is 0 Å². The first-order valence-electron chi connectivity index (χ1n) is 11.4. The minimum absolute atomic E-state index is 0.135. The van der Waals surface area contributed by atoms with E-state index in [1.807, 2.05) is 0 Å². The molecule has 200 valence electrons. The number of hydrogen-bond donors (Lipinski definition) is 10. The Morgan fingerprint density at radius 3 is 2.03 bits per heavy atom. The van der Waals surface area contributed by atoms with E-state index in [2.05, 4.69) is 5.32 Å². The summed E-state index contributed by atoms with van der Waals surface area (Å²) in [6.07, 6.45) is -12.4. The lowest BCUT2D eigenvalue weighted by molar-refractivity contribution is -0.319. The summed E-state index contributed by atoms with van der Waals surface area (Å²) in [7, 11) is 1.58. The Morgan fingerprint density at radius 1 is 0.941 bits per heavy atom. The van der Waals surface area contributed by atoms with E-state index in [4.69, 9.17) is 36.1 Å². The van der Waals surface area contributed by atoms with E-state index >= 15 is 0 Å². The average Bonchev–Trinajstić information content (AvgIpc) is 2.75. The standard InChI is InChI=1S/C20H40N4O10/c1-6(25)14-11(27)10(26)9(23)18(32-14)33-15-7(21)4-8(22)16(12(15)28)34-19-13(29)17(24-3)20(2,30)5-31-19/h6-19,24-30H,4-5,21-23H2,1-3H3/t6?,7-,8+,9-,10-,11+,12-,13-,14-,15+,16?,17-,18-,19?,20+/m1/s1. The molecule has 13 N–H and O–H groups in total. The van der Waals surface area contributed by atoms with Crippen molar-refractivity contribution in [2.75, 3.05) is 13.7 Å². The minimum Gasteiger partial charge on any atom is -0.391 e. The highest BCUT2D eigenvalue weighted by Crippen LogP contribution is 2.32. The molecule has 15 atom stereocenters. The Bertz CT molecular complexity index is 675. The molecule has 2 saturated heterocycles. The second-order valence-corrected chi connectivity index (χ2v) is 9.82. The van der Waals surface area contributed by atoms with E-state index in [9.17, 15) is 30.6 Å². The summed E-state index contributed by atoms with van der Waals surface area (Å²) in [6.45, 7) is 2.75. The van der Waals surface area contributed by atoms with Crippen LogP contribution in [0.1, 0.15) is 20.3 Å². The van der Waals surface area contributed by atoms with Crippen molar-refractivity contribution in [1.82, 2.24) is 5.32 Å². The van der Waals surface area contributed by atoms with Gasteiger partial charge in [0.1, 0.15) is 48.3 Å². The molecule has 0 amide bonds. The molecule has 0 aromatic carbocycles. The van der Waals surface area contributed by atoms with E-state index in [1.54, 1.807) is 7.05 Å². The molecule has 14 heteroatoms. The Morgan fingerprint density at radius 2 is 1.50 bits per heavy atom. The van der Waals surface area contributed by atoms with Crippen LogP contribution in [0.5, 0.6) is 0 Å². The first-order valence-corrected chi connectivity index (χ1v) is 11.4. The van der Waals surface area contributed by atoms with Gasteiger partial charge in [-0.15, -0.1) is 0 Å². The van der Waals surface area contributed by atoms with Crippen LogP contribution < -0.4 is 22.5 Å². The minimum atomic E-state index is -1.46. The van der Waals surface area contributed by atoms with Crippen molar-refractivity contribution >= 4 is 0 Å². The van der Waals surface area contributed by atoms with Crippen molar-refractivity contribution in [2.24, 2.45) is 17.2 Å². The van der Waals surface area contributed by atoms with Gasteiger partial charge >= 0.3 is 0 Å². The van der Waals surface area contributed by atoms with Crippen LogP contribution in [0.3, 0.4) is 0 Å². The molecule has 3 aliphatic rings. The van der Waals surface area contributed by atoms with E-state index in [0.29, 0.717) is 0 Å². The lowest BCUT2D eigenvalue weighted by atomic mass is 9.84. The molecule has 0 radical (unpaired) electrons. The van der Waals surface area contributed by atoms with Crippen LogP contribution >= 0.6 is 0 Å². The lowest BCUT2D eigenvalue weighted by Crippen LogP contribution is -2.69.